The van der Waals surface area contributed by atoms with Crippen LogP contribution in [0.5, 0.6) is 0 Å². The third-order valence-electron chi connectivity index (χ3n) is 7.32. The molecule has 3 aliphatic heterocycles. The van der Waals surface area contributed by atoms with Crippen molar-refractivity contribution >= 4 is 6.09 Å². The molecular formula is C25H27F3N2O2. The van der Waals surface area contributed by atoms with Gasteiger partial charge in [-0.05, 0) is 66.4 Å². The second kappa shape index (κ2) is 7.80. The van der Waals surface area contributed by atoms with Gasteiger partial charge >= 0.3 is 6.09 Å². The van der Waals surface area contributed by atoms with Gasteiger partial charge in [-0.25, -0.2) is 18.0 Å². The fourth-order valence-electron chi connectivity index (χ4n) is 5.57. The Labute approximate surface area is 185 Å². The molecule has 3 fully saturated rings. The molecule has 1 aliphatic carbocycles. The van der Waals surface area contributed by atoms with Crippen LogP contribution in [0.3, 0.4) is 0 Å². The van der Waals surface area contributed by atoms with Crippen LogP contribution in [0.25, 0.3) is 11.1 Å². The quantitative estimate of drug-likeness (QED) is 0.661. The normalized spacial score (nSPS) is 27.8. The Bertz CT molecular complexity index is 1060. The van der Waals surface area contributed by atoms with Gasteiger partial charge in [0.15, 0.2) is 11.6 Å². The minimum Gasteiger partial charge on any atom is -0.445 e. The molecule has 4 aliphatic rings. The van der Waals surface area contributed by atoms with E-state index < -0.39 is 23.5 Å². The zero-order valence-electron chi connectivity index (χ0n) is 18.3. The summed E-state index contributed by atoms with van der Waals surface area (Å²) in [5, 5.41) is 3.06. The van der Waals surface area contributed by atoms with Gasteiger partial charge in [-0.15, -0.1) is 0 Å². The van der Waals surface area contributed by atoms with Gasteiger partial charge in [-0.3, -0.25) is 4.90 Å². The average molecular weight is 444 g/mol. The first-order chi connectivity index (χ1) is 15.2. The van der Waals surface area contributed by atoms with Crippen molar-refractivity contribution in [2.24, 2.45) is 11.3 Å². The van der Waals surface area contributed by atoms with Crippen molar-refractivity contribution in [1.82, 2.24) is 10.2 Å². The fraction of sp³-hybridized carbons (Fsp3) is 0.480. The summed E-state index contributed by atoms with van der Waals surface area (Å²) < 4.78 is 47.1. The molecule has 2 atom stereocenters. The number of hydrogen-bond acceptors (Lipinski definition) is 3. The topological polar surface area (TPSA) is 41.6 Å². The Morgan fingerprint density at radius 3 is 2.47 bits per heavy atom. The first kappa shape index (κ1) is 21.3. The van der Waals surface area contributed by atoms with Crippen molar-refractivity contribution in [1.29, 1.82) is 0 Å². The molecule has 0 saturated carbocycles. The third-order valence-corrected chi connectivity index (χ3v) is 7.32. The Balaban J connectivity index is 1.35. The minimum atomic E-state index is -1.21. The van der Waals surface area contributed by atoms with E-state index in [1.54, 1.807) is 12.1 Å². The lowest BCUT2D eigenvalue weighted by molar-refractivity contribution is -0.0348. The van der Waals surface area contributed by atoms with Gasteiger partial charge in [0.1, 0.15) is 11.9 Å². The number of fused-ring (bicyclic) bond motifs is 4. The van der Waals surface area contributed by atoms with E-state index in [4.69, 9.17) is 4.74 Å². The maximum Gasteiger partial charge on any atom is 0.407 e. The molecule has 1 amide bonds. The summed E-state index contributed by atoms with van der Waals surface area (Å²) in [6.07, 6.45) is 2.32. The van der Waals surface area contributed by atoms with Crippen molar-refractivity contribution in [3.8, 4) is 11.1 Å². The Morgan fingerprint density at radius 2 is 1.78 bits per heavy atom. The number of piperidine rings is 3. The van der Waals surface area contributed by atoms with Crippen LogP contribution < -0.4 is 5.32 Å². The van der Waals surface area contributed by atoms with E-state index in [1.165, 1.54) is 0 Å². The zero-order chi connectivity index (χ0) is 22.6. The molecule has 1 N–H and O–H groups in total. The van der Waals surface area contributed by atoms with E-state index in [9.17, 15) is 18.0 Å². The summed E-state index contributed by atoms with van der Waals surface area (Å²) in [6, 6.07) is 6.51. The molecule has 0 aromatic heterocycles. The van der Waals surface area contributed by atoms with Gasteiger partial charge in [0.25, 0.3) is 0 Å². The highest BCUT2D eigenvalue weighted by molar-refractivity contribution is 5.70. The number of nitrogens with zero attached hydrogens (tertiary/aromatic N) is 1. The van der Waals surface area contributed by atoms with Gasteiger partial charge in [-0.2, -0.15) is 0 Å². The van der Waals surface area contributed by atoms with Gasteiger partial charge in [0, 0.05) is 18.2 Å². The maximum atomic E-state index is 14.3. The summed E-state index contributed by atoms with van der Waals surface area (Å²) in [7, 11) is 0. The van der Waals surface area contributed by atoms with Gasteiger partial charge < -0.3 is 10.1 Å². The standard InChI is InChI=1S/C25H27F3N2O2/c1-25(2)12-16-9-15(18-10-20(27)21(28)11-19(18)26)3-4-17(16)23(25)29-24(31)32-22-13-30-7-5-14(22)6-8-30/h3-4,9-11,14,22-23H,5-8,12-13H2,1-2H3,(H,29,31)/t22-,23?/m1/s1. The smallest absolute Gasteiger partial charge is 0.407 e. The van der Waals surface area contributed by atoms with Crippen molar-refractivity contribution in [3.63, 3.8) is 0 Å². The van der Waals surface area contributed by atoms with Gasteiger partial charge in [0.2, 0.25) is 0 Å². The number of nitrogens with one attached hydrogen (secondary N) is 1. The lowest BCUT2D eigenvalue weighted by Crippen LogP contribution is -2.53. The Kier molecular flexibility index (Phi) is 5.19. The first-order valence-electron chi connectivity index (χ1n) is 11.2. The Hall–Kier alpha value is -2.54. The van der Waals surface area contributed by atoms with Crippen LogP contribution in [0.2, 0.25) is 0 Å². The molecule has 2 bridgehead atoms. The molecule has 7 heteroatoms. The van der Waals surface area contributed by atoms with Crippen molar-refractivity contribution < 1.29 is 22.7 Å². The molecular weight excluding hydrogens is 417 g/mol. The van der Waals surface area contributed by atoms with Crippen LogP contribution in [0, 0.1) is 28.8 Å². The molecule has 2 aromatic carbocycles. The lowest BCUT2D eigenvalue weighted by Gasteiger charge is -2.44. The SMILES string of the molecule is CC1(C)Cc2cc(-c3cc(F)c(F)cc3F)ccc2C1NC(=O)O[C@@H]1CN2CCC1CC2. The van der Waals surface area contributed by atoms with E-state index in [-0.39, 0.29) is 23.1 Å². The predicted octanol–water partition coefficient (Wildman–Crippen LogP) is 5.21. The number of alkyl carbamates (subject to hydrolysis) is 1. The highest BCUT2D eigenvalue weighted by Crippen LogP contribution is 2.46. The number of hydrogen-bond donors (Lipinski definition) is 1. The summed E-state index contributed by atoms with van der Waals surface area (Å²) in [5.41, 5.74) is 2.10. The highest BCUT2D eigenvalue weighted by atomic mass is 19.2. The molecule has 170 valence electrons. The van der Waals surface area contributed by atoms with Crippen LogP contribution in [-0.2, 0) is 11.2 Å². The molecule has 32 heavy (non-hydrogen) atoms. The Morgan fingerprint density at radius 1 is 1.06 bits per heavy atom. The average Bonchev–Trinajstić information content (AvgIpc) is 3.00. The summed E-state index contributed by atoms with van der Waals surface area (Å²) in [6.45, 7) is 7.08. The van der Waals surface area contributed by atoms with E-state index >= 15 is 0 Å². The van der Waals surface area contributed by atoms with E-state index in [2.05, 4.69) is 24.1 Å². The van der Waals surface area contributed by atoms with Crippen LogP contribution in [0.1, 0.15) is 43.9 Å². The van der Waals surface area contributed by atoms with Crippen LogP contribution in [0.4, 0.5) is 18.0 Å². The largest absolute Gasteiger partial charge is 0.445 e. The van der Waals surface area contributed by atoms with E-state index in [0.717, 1.165) is 49.7 Å². The summed E-state index contributed by atoms with van der Waals surface area (Å²) >= 11 is 0. The number of benzene rings is 2. The molecule has 6 rings (SSSR count). The van der Waals surface area contributed by atoms with Crippen LogP contribution >= 0.6 is 0 Å². The number of rotatable bonds is 3. The van der Waals surface area contributed by atoms with Crippen molar-refractivity contribution in [2.45, 2.75) is 45.3 Å². The highest BCUT2D eigenvalue weighted by Gasteiger charge is 2.42. The number of amides is 1. The van der Waals surface area contributed by atoms with Gasteiger partial charge in [-0.1, -0.05) is 32.0 Å². The number of halogens is 3. The molecule has 0 radical (unpaired) electrons. The number of ether oxygens (including phenoxy) is 1. The fourth-order valence-corrected chi connectivity index (χ4v) is 5.57. The van der Waals surface area contributed by atoms with Crippen molar-refractivity contribution in [3.05, 3.63) is 58.9 Å². The number of carbonyl (C=O) groups excluding carboxylic acids is 1. The summed E-state index contributed by atoms with van der Waals surface area (Å²) in [5.74, 6) is -2.67. The monoisotopic (exact) mass is 444 g/mol. The lowest BCUT2D eigenvalue weighted by atomic mass is 9.85. The maximum absolute atomic E-state index is 14.3. The van der Waals surface area contributed by atoms with Crippen molar-refractivity contribution in [2.75, 3.05) is 19.6 Å². The van der Waals surface area contributed by atoms with Crippen LogP contribution in [0.15, 0.2) is 30.3 Å². The number of carbonyl (C=O) groups is 1. The zero-order valence-corrected chi connectivity index (χ0v) is 18.3. The molecule has 1 unspecified atom stereocenters. The minimum absolute atomic E-state index is 0.0164. The summed E-state index contributed by atoms with van der Waals surface area (Å²) in [4.78, 5) is 15.1. The van der Waals surface area contributed by atoms with E-state index in [0.29, 0.717) is 24.0 Å². The third kappa shape index (κ3) is 3.76. The van der Waals surface area contributed by atoms with Crippen LogP contribution in [-0.4, -0.2) is 36.7 Å². The molecule has 4 nitrogen and oxygen atoms in total. The first-order valence-corrected chi connectivity index (χ1v) is 11.2. The van der Waals surface area contributed by atoms with Gasteiger partial charge in [0.05, 0.1) is 6.04 Å². The van der Waals surface area contributed by atoms with E-state index in [1.807, 2.05) is 6.07 Å². The second-order valence-electron chi connectivity index (χ2n) is 9.98. The molecule has 2 aromatic rings. The second-order valence-corrected chi connectivity index (χ2v) is 9.98. The predicted molar refractivity (Wildman–Crippen MR) is 115 cm³/mol. The molecule has 3 heterocycles. The molecule has 0 spiro atoms. The molecule has 3 saturated heterocycles.